The van der Waals surface area contributed by atoms with Crippen molar-refractivity contribution in [1.82, 2.24) is 14.9 Å². The van der Waals surface area contributed by atoms with Crippen LogP contribution in [0.3, 0.4) is 0 Å². The van der Waals surface area contributed by atoms with Crippen molar-refractivity contribution in [2.24, 2.45) is 0 Å². The number of likely N-dealkylation sites (N-methyl/N-ethyl adjacent to an activating group) is 1. The molecule has 1 aliphatic heterocycles. The van der Waals surface area contributed by atoms with Crippen LogP contribution in [0.4, 0.5) is 17.3 Å². The molecule has 32 heavy (non-hydrogen) atoms. The molecule has 2 aromatic carbocycles. The van der Waals surface area contributed by atoms with Gasteiger partial charge in [0.2, 0.25) is 11.9 Å². The normalized spacial score (nSPS) is 15.0. The van der Waals surface area contributed by atoms with Gasteiger partial charge in [-0.1, -0.05) is 18.2 Å². The molecule has 2 N–H and O–H groups in total. The summed E-state index contributed by atoms with van der Waals surface area (Å²) in [7, 11) is 3.75. The molecular formula is C25H27N5O2. The average molecular weight is 430 g/mol. The van der Waals surface area contributed by atoms with Crippen LogP contribution in [-0.2, 0) is 11.3 Å². The Morgan fingerprint density at radius 3 is 2.72 bits per heavy atom. The van der Waals surface area contributed by atoms with Crippen molar-refractivity contribution in [2.75, 3.05) is 31.3 Å². The van der Waals surface area contributed by atoms with Gasteiger partial charge in [-0.3, -0.25) is 9.69 Å². The van der Waals surface area contributed by atoms with Gasteiger partial charge in [-0.15, -0.1) is 0 Å². The van der Waals surface area contributed by atoms with E-state index in [1.807, 2.05) is 42.5 Å². The van der Waals surface area contributed by atoms with Gasteiger partial charge in [-0.2, -0.15) is 0 Å². The summed E-state index contributed by atoms with van der Waals surface area (Å²) in [4.78, 5) is 23.5. The number of amides is 1. The molecule has 1 aliphatic rings. The number of nitrogens with zero attached hydrogens (tertiary/aromatic N) is 3. The first-order valence-electron chi connectivity index (χ1n) is 10.6. The van der Waals surface area contributed by atoms with Gasteiger partial charge in [0.15, 0.2) is 0 Å². The molecule has 0 unspecified atom stereocenters. The van der Waals surface area contributed by atoms with Gasteiger partial charge in [-0.05, 0) is 55.9 Å². The maximum atomic E-state index is 12.3. The maximum Gasteiger partial charge on any atom is 0.227 e. The van der Waals surface area contributed by atoms with E-state index < -0.39 is 0 Å². The number of allylic oxidation sites excluding steroid dienone is 1. The summed E-state index contributed by atoms with van der Waals surface area (Å²) in [5, 5.41) is 6.18. The van der Waals surface area contributed by atoms with E-state index >= 15 is 0 Å². The quantitative estimate of drug-likeness (QED) is 0.550. The summed E-state index contributed by atoms with van der Waals surface area (Å²) >= 11 is 0. The Kier molecular flexibility index (Phi) is 6.77. The highest BCUT2D eigenvalue weighted by Gasteiger charge is 2.11. The molecule has 0 atom stereocenters. The Labute approximate surface area is 188 Å². The van der Waals surface area contributed by atoms with E-state index in [1.54, 1.807) is 13.3 Å². The van der Waals surface area contributed by atoms with Crippen molar-refractivity contribution in [3.05, 3.63) is 72.4 Å². The molecule has 1 amide bonds. The number of carbonyl (C=O) groups excluding carboxylic acids is 1. The number of fused-ring (bicyclic) bond motifs is 7. The first kappa shape index (κ1) is 21.5. The second-order valence-electron chi connectivity index (χ2n) is 7.75. The van der Waals surface area contributed by atoms with E-state index in [2.05, 4.69) is 45.8 Å². The molecule has 0 aliphatic carbocycles. The lowest BCUT2D eigenvalue weighted by molar-refractivity contribution is -0.116. The minimum Gasteiger partial charge on any atom is -0.496 e. The van der Waals surface area contributed by atoms with Crippen LogP contribution >= 0.6 is 0 Å². The summed E-state index contributed by atoms with van der Waals surface area (Å²) < 4.78 is 5.58. The highest BCUT2D eigenvalue weighted by molar-refractivity contribution is 5.91. The van der Waals surface area contributed by atoms with E-state index in [-0.39, 0.29) is 5.91 Å². The molecule has 6 bridgehead atoms. The average Bonchev–Trinajstić information content (AvgIpc) is 2.78. The van der Waals surface area contributed by atoms with Gasteiger partial charge in [0.1, 0.15) is 5.75 Å². The predicted molar refractivity (Wildman–Crippen MR) is 127 cm³/mol. The number of aromatic nitrogens is 2. The largest absolute Gasteiger partial charge is 0.496 e. The molecule has 0 saturated heterocycles. The molecular weight excluding hydrogens is 402 g/mol. The third-order valence-electron chi connectivity index (χ3n) is 5.20. The fourth-order valence-electron chi connectivity index (χ4n) is 3.61. The first-order chi connectivity index (χ1) is 15.6. The first-order valence-corrected chi connectivity index (χ1v) is 10.6. The van der Waals surface area contributed by atoms with Crippen LogP contribution in [0.2, 0.25) is 0 Å². The zero-order valence-electron chi connectivity index (χ0n) is 18.3. The smallest absolute Gasteiger partial charge is 0.227 e. The minimum absolute atomic E-state index is 0.0166. The molecule has 7 nitrogen and oxygen atoms in total. The lowest BCUT2D eigenvalue weighted by Crippen LogP contribution is -2.18. The van der Waals surface area contributed by atoms with Crippen molar-refractivity contribution < 1.29 is 9.53 Å². The van der Waals surface area contributed by atoms with E-state index in [4.69, 9.17) is 9.72 Å². The molecule has 3 aromatic rings. The van der Waals surface area contributed by atoms with E-state index in [9.17, 15) is 4.79 Å². The topological polar surface area (TPSA) is 79.4 Å². The van der Waals surface area contributed by atoms with Crippen molar-refractivity contribution in [1.29, 1.82) is 0 Å². The number of carbonyl (C=O) groups is 1. The number of ether oxygens (including phenoxy) is 1. The molecule has 2 heterocycles. The molecule has 4 rings (SSSR count). The van der Waals surface area contributed by atoms with E-state index in [0.29, 0.717) is 18.8 Å². The van der Waals surface area contributed by atoms with Gasteiger partial charge in [0, 0.05) is 48.2 Å². The van der Waals surface area contributed by atoms with Gasteiger partial charge < -0.3 is 15.4 Å². The number of benzene rings is 2. The van der Waals surface area contributed by atoms with Crippen LogP contribution in [0, 0.1) is 0 Å². The van der Waals surface area contributed by atoms with Gasteiger partial charge in [-0.25, -0.2) is 9.97 Å². The molecule has 0 saturated carbocycles. The highest BCUT2D eigenvalue weighted by Crippen LogP contribution is 2.27. The van der Waals surface area contributed by atoms with Crippen molar-refractivity contribution >= 4 is 23.2 Å². The summed E-state index contributed by atoms with van der Waals surface area (Å²) in [6.45, 7) is 1.50. The predicted octanol–water partition coefficient (Wildman–Crippen LogP) is 4.62. The van der Waals surface area contributed by atoms with Crippen molar-refractivity contribution in [2.45, 2.75) is 19.4 Å². The highest BCUT2D eigenvalue weighted by atomic mass is 16.5. The second kappa shape index (κ2) is 10.1. The molecule has 7 heteroatoms. The van der Waals surface area contributed by atoms with Crippen LogP contribution in [0.1, 0.15) is 18.4 Å². The number of hydrogen-bond donors (Lipinski definition) is 2. The molecule has 0 fully saturated rings. The maximum absolute atomic E-state index is 12.3. The van der Waals surface area contributed by atoms with Crippen LogP contribution < -0.4 is 15.4 Å². The number of methoxy groups -OCH3 is 1. The Bertz CT molecular complexity index is 1130. The van der Waals surface area contributed by atoms with Crippen LogP contribution in [0.15, 0.2) is 66.9 Å². The standard InChI is InChI=1S/C25H27N5O2/c1-30-14-5-3-4-9-24(31)27-20-7-6-8-21(16-20)28-25-26-13-12-22(29-25)18-10-11-23(32-2)19(15-18)17-30/h3,5-8,10-13,15-16H,4,9,14,17H2,1-2H3,(H,27,31)(H,26,28,29). The minimum atomic E-state index is -0.0166. The number of nitrogens with one attached hydrogen (secondary N) is 2. The van der Waals surface area contributed by atoms with Gasteiger partial charge >= 0.3 is 0 Å². The Balaban J connectivity index is 1.70. The third kappa shape index (κ3) is 5.50. The Morgan fingerprint density at radius 2 is 1.88 bits per heavy atom. The van der Waals surface area contributed by atoms with Crippen molar-refractivity contribution in [3.8, 4) is 17.0 Å². The number of hydrogen-bond acceptors (Lipinski definition) is 6. The molecule has 0 spiro atoms. The zero-order valence-corrected chi connectivity index (χ0v) is 18.3. The molecule has 0 radical (unpaired) electrons. The SMILES string of the molecule is COc1ccc2cc1CN(C)CC=CCCC(=O)Nc1cccc(c1)Nc1nccc-2n1. The number of rotatable bonds is 1. The van der Waals surface area contributed by atoms with E-state index in [1.165, 1.54) is 0 Å². The summed E-state index contributed by atoms with van der Waals surface area (Å²) in [6.07, 6.45) is 7.00. The Morgan fingerprint density at radius 1 is 1.03 bits per heavy atom. The third-order valence-corrected chi connectivity index (χ3v) is 5.20. The van der Waals surface area contributed by atoms with Crippen LogP contribution in [0.25, 0.3) is 11.3 Å². The lowest BCUT2D eigenvalue weighted by atomic mass is 10.1. The zero-order chi connectivity index (χ0) is 22.3. The van der Waals surface area contributed by atoms with E-state index in [0.717, 1.165) is 47.0 Å². The van der Waals surface area contributed by atoms with Gasteiger partial charge in [0.05, 0.1) is 12.8 Å². The Hall–Kier alpha value is -3.71. The van der Waals surface area contributed by atoms with Gasteiger partial charge in [0.25, 0.3) is 0 Å². The fraction of sp³-hybridized carbons (Fsp3) is 0.240. The second-order valence-corrected chi connectivity index (χ2v) is 7.75. The summed E-state index contributed by atoms with van der Waals surface area (Å²) in [5.41, 5.74) is 4.43. The molecule has 1 aromatic heterocycles. The fourth-order valence-corrected chi connectivity index (χ4v) is 3.61. The molecule has 164 valence electrons. The summed E-state index contributed by atoms with van der Waals surface area (Å²) in [5.74, 6) is 1.32. The van der Waals surface area contributed by atoms with Crippen LogP contribution in [-0.4, -0.2) is 41.5 Å². The summed E-state index contributed by atoms with van der Waals surface area (Å²) in [6, 6.07) is 15.5. The lowest BCUT2D eigenvalue weighted by Gasteiger charge is -2.18. The number of anilines is 3. The van der Waals surface area contributed by atoms with Crippen molar-refractivity contribution in [3.63, 3.8) is 0 Å². The van der Waals surface area contributed by atoms with Crippen LogP contribution in [0.5, 0.6) is 5.75 Å². The monoisotopic (exact) mass is 429 g/mol.